The van der Waals surface area contributed by atoms with Gasteiger partial charge in [-0.25, -0.2) is 4.79 Å². The van der Waals surface area contributed by atoms with Crippen molar-refractivity contribution >= 4 is 29.4 Å². The number of carboxylic acid groups (broad SMARTS) is 1. The summed E-state index contributed by atoms with van der Waals surface area (Å²) < 4.78 is 5.44. The fraction of sp³-hybridized carbons (Fsp3) is 0.438. The van der Waals surface area contributed by atoms with Gasteiger partial charge in [0.2, 0.25) is 11.8 Å². The molecule has 0 aliphatic rings. The van der Waals surface area contributed by atoms with E-state index in [2.05, 4.69) is 5.32 Å². The maximum Gasteiger partial charge on any atom is 0.326 e. The van der Waals surface area contributed by atoms with Crippen LogP contribution in [0.4, 0.5) is 0 Å². The number of carbonyl (C=O) groups excluding carboxylic acids is 2. The Labute approximate surface area is 145 Å². The molecule has 0 aliphatic heterocycles. The SMILES string of the molecule is CC(=O)NCCN(C(=O)CCOc1ccc(Cl)cc1)C(C)C(=O)O. The van der Waals surface area contributed by atoms with Crippen LogP contribution in [0.15, 0.2) is 24.3 Å². The molecule has 0 aromatic heterocycles. The van der Waals surface area contributed by atoms with Gasteiger partial charge in [0.05, 0.1) is 13.0 Å². The largest absolute Gasteiger partial charge is 0.493 e. The molecule has 0 aliphatic carbocycles. The standard InChI is InChI=1S/C16H21ClN2O5/c1-11(16(22)23)19(9-8-18-12(2)20)15(21)7-10-24-14-5-3-13(17)4-6-14/h3-6,11H,7-10H2,1-2H3,(H,18,20)(H,22,23). The van der Waals surface area contributed by atoms with Crippen LogP contribution in [0.1, 0.15) is 20.3 Å². The molecule has 0 fully saturated rings. The van der Waals surface area contributed by atoms with Crippen LogP contribution in [0.25, 0.3) is 0 Å². The van der Waals surface area contributed by atoms with E-state index in [-0.39, 0.29) is 37.9 Å². The van der Waals surface area contributed by atoms with Gasteiger partial charge in [-0.3, -0.25) is 9.59 Å². The number of hydrogen-bond donors (Lipinski definition) is 2. The molecule has 2 N–H and O–H groups in total. The van der Waals surface area contributed by atoms with Gasteiger partial charge in [0, 0.05) is 25.0 Å². The van der Waals surface area contributed by atoms with Gasteiger partial charge < -0.3 is 20.1 Å². The summed E-state index contributed by atoms with van der Waals surface area (Å²) in [7, 11) is 0. The fourth-order valence-corrected chi connectivity index (χ4v) is 2.08. The summed E-state index contributed by atoms with van der Waals surface area (Å²) in [4.78, 5) is 35.5. The van der Waals surface area contributed by atoms with Gasteiger partial charge in [0.25, 0.3) is 0 Å². The molecule has 1 aromatic carbocycles. The third-order valence-corrected chi connectivity index (χ3v) is 3.52. The average molecular weight is 357 g/mol. The second-order valence-electron chi connectivity index (χ2n) is 5.14. The summed E-state index contributed by atoms with van der Waals surface area (Å²) in [6.07, 6.45) is 0.0281. The zero-order valence-electron chi connectivity index (χ0n) is 13.6. The summed E-state index contributed by atoms with van der Waals surface area (Å²) in [5.41, 5.74) is 0. The number of aliphatic carboxylic acids is 1. The molecule has 0 spiro atoms. The highest BCUT2D eigenvalue weighted by molar-refractivity contribution is 6.30. The van der Waals surface area contributed by atoms with Gasteiger partial charge in [0.15, 0.2) is 0 Å². The zero-order valence-corrected chi connectivity index (χ0v) is 14.4. The van der Waals surface area contributed by atoms with Crippen molar-refractivity contribution in [2.45, 2.75) is 26.3 Å². The van der Waals surface area contributed by atoms with Crippen molar-refractivity contribution in [3.8, 4) is 5.75 Å². The first-order valence-electron chi connectivity index (χ1n) is 7.46. The number of benzene rings is 1. The number of halogens is 1. The molecule has 0 saturated heterocycles. The predicted molar refractivity (Wildman–Crippen MR) is 89.1 cm³/mol. The van der Waals surface area contributed by atoms with E-state index in [0.29, 0.717) is 10.8 Å². The van der Waals surface area contributed by atoms with E-state index in [1.54, 1.807) is 24.3 Å². The fourth-order valence-electron chi connectivity index (χ4n) is 1.95. The summed E-state index contributed by atoms with van der Waals surface area (Å²) in [6.45, 7) is 3.20. The third kappa shape index (κ3) is 6.87. The summed E-state index contributed by atoms with van der Waals surface area (Å²) in [5.74, 6) is -1.13. The van der Waals surface area contributed by atoms with E-state index in [1.165, 1.54) is 18.7 Å². The van der Waals surface area contributed by atoms with Crippen molar-refractivity contribution in [3.63, 3.8) is 0 Å². The van der Waals surface area contributed by atoms with E-state index in [4.69, 9.17) is 21.4 Å². The predicted octanol–water partition coefficient (Wildman–Crippen LogP) is 1.55. The van der Waals surface area contributed by atoms with Crippen LogP contribution in [0, 0.1) is 0 Å². The molecular formula is C16H21ClN2O5. The first-order valence-corrected chi connectivity index (χ1v) is 7.84. The molecule has 1 unspecified atom stereocenters. The van der Waals surface area contributed by atoms with Crippen molar-refractivity contribution in [3.05, 3.63) is 29.3 Å². The van der Waals surface area contributed by atoms with Gasteiger partial charge in [0.1, 0.15) is 11.8 Å². The maximum absolute atomic E-state index is 12.3. The summed E-state index contributed by atoms with van der Waals surface area (Å²) in [5, 5.41) is 12.2. The van der Waals surface area contributed by atoms with Crippen molar-refractivity contribution in [1.82, 2.24) is 10.2 Å². The first kappa shape index (κ1) is 19.8. The number of carboxylic acids is 1. The Morgan fingerprint density at radius 1 is 1.29 bits per heavy atom. The molecule has 0 saturated carbocycles. The maximum atomic E-state index is 12.3. The van der Waals surface area contributed by atoms with Crippen LogP contribution in [0.5, 0.6) is 5.75 Å². The van der Waals surface area contributed by atoms with Crippen LogP contribution in [-0.2, 0) is 14.4 Å². The Morgan fingerprint density at radius 2 is 1.92 bits per heavy atom. The molecular weight excluding hydrogens is 336 g/mol. The lowest BCUT2D eigenvalue weighted by Gasteiger charge is -2.26. The lowest BCUT2D eigenvalue weighted by molar-refractivity contribution is -0.149. The van der Waals surface area contributed by atoms with Gasteiger partial charge >= 0.3 is 5.97 Å². The quantitative estimate of drug-likeness (QED) is 0.699. The second kappa shape index (κ2) is 9.77. The van der Waals surface area contributed by atoms with Gasteiger partial charge in [-0.1, -0.05) is 11.6 Å². The Morgan fingerprint density at radius 3 is 2.46 bits per heavy atom. The zero-order chi connectivity index (χ0) is 18.1. The van der Waals surface area contributed by atoms with Crippen LogP contribution in [0.3, 0.4) is 0 Å². The monoisotopic (exact) mass is 356 g/mol. The van der Waals surface area contributed by atoms with Crippen LogP contribution < -0.4 is 10.1 Å². The molecule has 0 bridgehead atoms. The van der Waals surface area contributed by atoms with E-state index < -0.39 is 12.0 Å². The van der Waals surface area contributed by atoms with Crippen molar-refractivity contribution in [1.29, 1.82) is 0 Å². The van der Waals surface area contributed by atoms with E-state index in [1.807, 2.05) is 0 Å². The highest BCUT2D eigenvalue weighted by atomic mass is 35.5. The van der Waals surface area contributed by atoms with E-state index >= 15 is 0 Å². The Kier molecular flexibility index (Phi) is 8.05. The molecule has 8 heteroatoms. The Bertz CT molecular complexity index is 576. The third-order valence-electron chi connectivity index (χ3n) is 3.27. The number of hydrogen-bond acceptors (Lipinski definition) is 4. The minimum Gasteiger partial charge on any atom is -0.493 e. The van der Waals surface area contributed by atoms with E-state index in [0.717, 1.165) is 0 Å². The number of nitrogens with one attached hydrogen (secondary N) is 1. The number of amides is 2. The van der Waals surface area contributed by atoms with Gasteiger partial charge in [-0.2, -0.15) is 0 Å². The minimum absolute atomic E-state index is 0.0281. The number of rotatable bonds is 9. The Balaban J connectivity index is 2.54. The highest BCUT2D eigenvalue weighted by Gasteiger charge is 2.25. The molecule has 1 aromatic rings. The van der Waals surface area contributed by atoms with E-state index in [9.17, 15) is 14.4 Å². The molecule has 0 heterocycles. The Hall–Kier alpha value is -2.28. The number of ether oxygens (including phenoxy) is 1. The molecule has 132 valence electrons. The normalized spacial score (nSPS) is 11.5. The lowest BCUT2D eigenvalue weighted by Crippen LogP contribution is -2.47. The van der Waals surface area contributed by atoms with Crippen molar-refractivity contribution < 1.29 is 24.2 Å². The minimum atomic E-state index is -1.11. The van der Waals surface area contributed by atoms with Gasteiger partial charge in [-0.05, 0) is 31.2 Å². The van der Waals surface area contributed by atoms with Crippen LogP contribution in [-0.4, -0.2) is 53.5 Å². The summed E-state index contributed by atoms with van der Waals surface area (Å²) >= 11 is 5.77. The average Bonchev–Trinajstić information content (AvgIpc) is 2.52. The molecule has 1 atom stereocenters. The molecule has 2 amide bonds. The van der Waals surface area contributed by atoms with Crippen molar-refractivity contribution in [2.24, 2.45) is 0 Å². The molecule has 24 heavy (non-hydrogen) atoms. The number of carbonyl (C=O) groups is 3. The first-order chi connectivity index (χ1) is 11.3. The highest BCUT2D eigenvalue weighted by Crippen LogP contribution is 2.15. The van der Waals surface area contributed by atoms with Crippen LogP contribution >= 0.6 is 11.6 Å². The smallest absolute Gasteiger partial charge is 0.326 e. The van der Waals surface area contributed by atoms with Crippen LogP contribution in [0.2, 0.25) is 5.02 Å². The topological polar surface area (TPSA) is 95.9 Å². The number of nitrogens with zero attached hydrogens (tertiary/aromatic N) is 1. The van der Waals surface area contributed by atoms with Gasteiger partial charge in [-0.15, -0.1) is 0 Å². The lowest BCUT2D eigenvalue weighted by atomic mass is 10.2. The summed E-state index contributed by atoms with van der Waals surface area (Å²) in [6, 6.07) is 5.72. The second-order valence-corrected chi connectivity index (χ2v) is 5.57. The molecule has 0 radical (unpaired) electrons. The molecule has 1 rings (SSSR count). The van der Waals surface area contributed by atoms with Crippen molar-refractivity contribution in [2.75, 3.05) is 19.7 Å². The molecule has 7 nitrogen and oxygen atoms in total.